The number of fused-ring (bicyclic) bond motifs is 1. The number of nitrogens with one attached hydrogen (secondary N) is 2. The van der Waals surface area contributed by atoms with Crippen LogP contribution >= 0.6 is 0 Å². The number of hydrogen-bond donors (Lipinski definition) is 3. The minimum absolute atomic E-state index is 0.0448. The van der Waals surface area contributed by atoms with Gasteiger partial charge in [0, 0.05) is 25.7 Å². The second kappa shape index (κ2) is 9.82. The second-order valence-corrected chi connectivity index (χ2v) is 9.62. The highest BCUT2D eigenvalue weighted by Crippen LogP contribution is 2.36. The third kappa shape index (κ3) is 4.64. The molecule has 0 aliphatic carbocycles. The van der Waals surface area contributed by atoms with E-state index in [0.29, 0.717) is 19.1 Å². The Morgan fingerprint density at radius 3 is 2.61 bits per heavy atom. The zero-order valence-electron chi connectivity index (χ0n) is 20.6. The lowest BCUT2D eigenvalue weighted by Crippen LogP contribution is -2.52. The number of rotatable bonds is 7. The molecule has 38 heavy (non-hydrogen) atoms. The summed E-state index contributed by atoms with van der Waals surface area (Å²) in [6.07, 6.45) is -2.29. The summed E-state index contributed by atoms with van der Waals surface area (Å²) in [5.41, 5.74) is -1.89. The summed E-state index contributed by atoms with van der Waals surface area (Å²) in [4.78, 5) is 42.0. The largest absolute Gasteiger partial charge is 0.505 e. The maximum Gasteiger partial charge on any atom is 0.449 e. The number of carbonyl (C=O) groups excluding carboxylic acids is 1. The van der Waals surface area contributed by atoms with E-state index < -0.39 is 28.8 Å². The van der Waals surface area contributed by atoms with Gasteiger partial charge in [-0.1, -0.05) is 13.0 Å². The molecule has 0 spiro atoms. The molecule has 2 atom stereocenters. The number of furan rings is 1. The molecule has 2 fully saturated rings. The Bertz CT molecular complexity index is 1430. The number of halogens is 3. The van der Waals surface area contributed by atoms with Gasteiger partial charge in [-0.2, -0.15) is 13.2 Å². The molecule has 0 bridgehead atoms. The van der Waals surface area contributed by atoms with Crippen molar-refractivity contribution in [2.75, 3.05) is 36.8 Å². The molecular formula is C26H27F3N4O5. The minimum atomic E-state index is -4.66. The lowest BCUT2D eigenvalue weighted by Gasteiger charge is -2.37. The summed E-state index contributed by atoms with van der Waals surface area (Å²) >= 11 is 0. The Labute approximate surface area is 215 Å². The summed E-state index contributed by atoms with van der Waals surface area (Å²) < 4.78 is 43.8. The highest BCUT2D eigenvalue weighted by atomic mass is 19.4. The van der Waals surface area contributed by atoms with Crippen molar-refractivity contribution in [3.63, 3.8) is 0 Å². The van der Waals surface area contributed by atoms with Crippen LogP contribution in [-0.4, -0.2) is 53.0 Å². The summed E-state index contributed by atoms with van der Waals surface area (Å²) in [5, 5.41) is 16.4. The lowest BCUT2D eigenvalue weighted by atomic mass is 10.1. The summed E-state index contributed by atoms with van der Waals surface area (Å²) in [6.45, 7) is 4.59. The van der Waals surface area contributed by atoms with Crippen LogP contribution in [0.15, 0.2) is 44.3 Å². The van der Waals surface area contributed by atoms with Crippen LogP contribution in [0.25, 0.3) is 0 Å². The number of benzene rings is 1. The van der Waals surface area contributed by atoms with Crippen LogP contribution < -0.4 is 21.5 Å². The van der Waals surface area contributed by atoms with Crippen molar-refractivity contribution in [3.8, 4) is 5.75 Å². The smallest absolute Gasteiger partial charge is 0.449 e. The van der Waals surface area contributed by atoms with Gasteiger partial charge in [0.1, 0.15) is 17.1 Å². The van der Waals surface area contributed by atoms with Gasteiger partial charge in [0.2, 0.25) is 5.76 Å². The van der Waals surface area contributed by atoms with Gasteiger partial charge in [-0.15, -0.1) is 0 Å². The molecule has 12 heteroatoms. The number of para-hydroxylation sites is 1. The fourth-order valence-corrected chi connectivity index (χ4v) is 5.19. The topological polar surface area (TPSA) is 115 Å². The Balaban J connectivity index is 1.35. The number of piperazine rings is 1. The number of amides is 1. The number of carbonyl (C=O) groups is 1. The molecule has 2 unspecified atom stereocenters. The second-order valence-electron chi connectivity index (χ2n) is 9.62. The van der Waals surface area contributed by atoms with Crippen LogP contribution in [0.1, 0.15) is 54.1 Å². The molecule has 202 valence electrons. The summed E-state index contributed by atoms with van der Waals surface area (Å²) in [7, 11) is 0. The number of anilines is 3. The van der Waals surface area contributed by atoms with Crippen LogP contribution in [0.2, 0.25) is 0 Å². The molecule has 0 radical (unpaired) electrons. The first-order valence-electron chi connectivity index (χ1n) is 12.5. The molecule has 2 aliphatic rings. The Kier molecular flexibility index (Phi) is 6.68. The average Bonchev–Trinajstić information content (AvgIpc) is 3.58. The van der Waals surface area contributed by atoms with Crippen LogP contribution in [0.4, 0.5) is 30.2 Å². The van der Waals surface area contributed by atoms with E-state index in [1.165, 1.54) is 12.1 Å². The Morgan fingerprint density at radius 2 is 1.89 bits per heavy atom. The first kappa shape index (κ1) is 25.8. The zero-order chi connectivity index (χ0) is 27.2. The van der Waals surface area contributed by atoms with E-state index in [-0.39, 0.29) is 46.5 Å². The van der Waals surface area contributed by atoms with Gasteiger partial charge in [-0.05, 0) is 50.1 Å². The number of hydrogen-bond acceptors (Lipinski definition) is 8. The fraction of sp³-hybridized carbons (Fsp3) is 0.423. The maximum atomic E-state index is 13.2. The molecule has 9 nitrogen and oxygen atoms in total. The number of phenols is 1. The highest BCUT2D eigenvalue weighted by molar-refractivity contribution is 5.99. The van der Waals surface area contributed by atoms with Gasteiger partial charge in [0.15, 0.2) is 5.75 Å². The molecule has 5 rings (SSSR count). The van der Waals surface area contributed by atoms with Gasteiger partial charge in [0.05, 0.1) is 17.3 Å². The van der Waals surface area contributed by atoms with E-state index >= 15 is 0 Å². The van der Waals surface area contributed by atoms with Crippen molar-refractivity contribution < 1.29 is 27.5 Å². The quantitative estimate of drug-likeness (QED) is 0.311. The molecule has 1 aromatic heterocycles. The van der Waals surface area contributed by atoms with E-state index in [2.05, 4.69) is 15.5 Å². The Hall–Kier alpha value is -3.80. The molecule has 3 N–H and O–H groups in total. The van der Waals surface area contributed by atoms with Gasteiger partial charge in [-0.3, -0.25) is 19.3 Å². The first-order valence-corrected chi connectivity index (χ1v) is 12.5. The van der Waals surface area contributed by atoms with E-state index in [4.69, 9.17) is 4.42 Å². The van der Waals surface area contributed by atoms with Crippen molar-refractivity contribution >= 4 is 23.0 Å². The van der Waals surface area contributed by atoms with Gasteiger partial charge in [0.25, 0.3) is 16.8 Å². The van der Waals surface area contributed by atoms with Crippen LogP contribution in [0, 0.1) is 0 Å². The first-order chi connectivity index (χ1) is 18.1. The molecule has 2 aliphatic heterocycles. The normalized spacial score (nSPS) is 18.9. The number of aromatic hydroxyl groups is 1. The third-order valence-electron chi connectivity index (χ3n) is 7.29. The van der Waals surface area contributed by atoms with Crippen LogP contribution in [0.3, 0.4) is 0 Å². The van der Waals surface area contributed by atoms with Gasteiger partial charge in [-0.25, -0.2) is 0 Å². The van der Waals surface area contributed by atoms with Crippen LogP contribution in [-0.2, 0) is 6.18 Å². The predicted octanol–water partition coefficient (Wildman–Crippen LogP) is 3.83. The maximum absolute atomic E-state index is 13.2. The summed E-state index contributed by atoms with van der Waals surface area (Å²) in [5.74, 6) is -1.91. The van der Waals surface area contributed by atoms with E-state index in [0.717, 1.165) is 38.1 Å². The predicted molar refractivity (Wildman–Crippen MR) is 134 cm³/mol. The van der Waals surface area contributed by atoms with Crippen molar-refractivity contribution in [3.05, 3.63) is 67.9 Å². The number of phenolic OH excluding ortho intramolecular Hbond substituents is 1. The van der Waals surface area contributed by atoms with Crippen molar-refractivity contribution in [2.45, 2.75) is 44.4 Å². The fourth-order valence-electron chi connectivity index (χ4n) is 5.19. The number of nitrogens with zero attached hydrogens (tertiary/aromatic N) is 2. The number of alkyl halides is 3. The third-order valence-corrected chi connectivity index (χ3v) is 7.29. The minimum Gasteiger partial charge on any atom is -0.505 e. The van der Waals surface area contributed by atoms with Crippen molar-refractivity contribution in [1.29, 1.82) is 0 Å². The van der Waals surface area contributed by atoms with Gasteiger partial charge < -0.3 is 25.1 Å². The molecule has 3 aromatic rings. The lowest BCUT2D eigenvalue weighted by molar-refractivity contribution is -0.153. The molecule has 1 amide bonds. The van der Waals surface area contributed by atoms with E-state index in [1.54, 1.807) is 17.9 Å². The standard InChI is InChI=1S/C26H27F3N4O5/c1-2-16(18-8-9-19(38-18)26(27,28)29)30-20-21(24(36)23(20)35)31-17-7-3-6-15(22(17)34)25(37)33-12-11-32-10-4-5-14(32)13-33/h3,6-9,14,16,30-31,34H,2,4-5,10-13H2,1H3. The monoisotopic (exact) mass is 532 g/mol. The summed E-state index contributed by atoms with van der Waals surface area (Å²) in [6, 6.07) is 5.96. The van der Waals surface area contributed by atoms with Crippen LogP contribution in [0.5, 0.6) is 5.75 Å². The molecule has 3 heterocycles. The average molecular weight is 533 g/mol. The molecule has 0 saturated carbocycles. The van der Waals surface area contributed by atoms with E-state index in [9.17, 15) is 32.7 Å². The molecular weight excluding hydrogens is 505 g/mol. The SMILES string of the molecule is CCC(Nc1c(Nc2cccc(C(=O)N3CCN4CCCC4C3)c2O)c(=O)c1=O)c1ccc(C(F)(F)F)o1. The highest BCUT2D eigenvalue weighted by Gasteiger charge is 2.36. The zero-order valence-corrected chi connectivity index (χ0v) is 20.6. The Morgan fingerprint density at radius 1 is 1.13 bits per heavy atom. The van der Waals surface area contributed by atoms with Crippen molar-refractivity contribution in [1.82, 2.24) is 9.80 Å². The van der Waals surface area contributed by atoms with Gasteiger partial charge >= 0.3 is 6.18 Å². The molecule has 2 aromatic carbocycles. The van der Waals surface area contributed by atoms with Crippen molar-refractivity contribution in [2.24, 2.45) is 0 Å². The molecule has 2 saturated heterocycles. The van der Waals surface area contributed by atoms with E-state index in [1.807, 2.05) is 0 Å².